The highest BCUT2D eigenvalue weighted by Crippen LogP contribution is 2.33. The van der Waals surface area contributed by atoms with Crippen molar-refractivity contribution in [3.63, 3.8) is 0 Å². The van der Waals surface area contributed by atoms with E-state index in [0.717, 1.165) is 25.0 Å². The molecule has 3 saturated heterocycles. The molecule has 6 unspecified atom stereocenters. The second kappa shape index (κ2) is 11.6. The molecule has 0 saturated carbocycles. The Hall–Kier alpha value is -1.15. The highest BCUT2D eigenvalue weighted by Gasteiger charge is 2.44. The van der Waals surface area contributed by atoms with Crippen LogP contribution in [0.1, 0.15) is 32.1 Å². The van der Waals surface area contributed by atoms with E-state index in [1.807, 2.05) is 11.8 Å². The number of urea groups is 1. The molecule has 3 amide bonds. The minimum absolute atomic E-state index is 0.0411. The molecule has 8 atom stereocenters. The molecule has 3 fully saturated rings. The van der Waals surface area contributed by atoms with Gasteiger partial charge in [0.05, 0.1) is 25.3 Å². The molecule has 11 nitrogen and oxygen atoms in total. The van der Waals surface area contributed by atoms with E-state index < -0.39 is 37.3 Å². The van der Waals surface area contributed by atoms with Crippen molar-refractivity contribution in [2.24, 2.45) is 0 Å². The molecule has 0 aromatic heterocycles. The maximum atomic E-state index is 12.0. The zero-order chi connectivity index (χ0) is 22.4. The number of rotatable bonds is 11. The Labute approximate surface area is 185 Å². The number of nitrogens with one attached hydrogen (secondary N) is 3. The van der Waals surface area contributed by atoms with Gasteiger partial charge in [-0.2, -0.15) is 11.8 Å². The Morgan fingerprint density at radius 1 is 1.16 bits per heavy atom. The number of aliphatic hydroxyl groups excluding tert-OH is 4. The molecule has 0 aromatic carbocycles. The van der Waals surface area contributed by atoms with Crippen LogP contribution in [0.2, 0.25) is 0 Å². The summed E-state index contributed by atoms with van der Waals surface area (Å²) in [5.74, 6) is 0.889. The van der Waals surface area contributed by atoms with Gasteiger partial charge in [0.15, 0.2) is 6.29 Å². The van der Waals surface area contributed by atoms with Gasteiger partial charge < -0.3 is 45.9 Å². The van der Waals surface area contributed by atoms with Crippen molar-refractivity contribution in [3.05, 3.63) is 0 Å². The van der Waals surface area contributed by atoms with E-state index in [1.165, 1.54) is 0 Å². The van der Waals surface area contributed by atoms with E-state index in [1.54, 1.807) is 0 Å². The Morgan fingerprint density at radius 3 is 2.74 bits per heavy atom. The lowest BCUT2D eigenvalue weighted by atomic mass is 9.99. The van der Waals surface area contributed by atoms with Crippen LogP contribution >= 0.6 is 11.8 Å². The van der Waals surface area contributed by atoms with Crippen LogP contribution in [-0.4, -0.2) is 106 Å². The van der Waals surface area contributed by atoms with E-state index in [9.17, 15) is 24.9 Å². The molecule has 0 bridgehead atoms. The molecule has 0 spiro atoms. The van der Waals surface area contributed by atoms with E-state index in [0.29, 0.717) is 24.6 Å². The van der Waals surface area contributed by atoms with E-state index in [4.69, 9.17) is 14.6 Å². The summed E-state index contributed by atoms with van der Waals surface area (Å²) in [6, 6.07) is 0.321. The van der Waals surface area contributed by atoms with Gasteiger partial charge in [-0.3, -0.25) is 4.79 Å². The number of hydrogen-bond acceptors (Lipinski definition) is 9. The smallest absolute Gasteiger partial charge is 0.315 e. The minimum Gasteiger partial charge on any atom is -0.394 e. The van der Waals surface area contributed by atoms with Crippen molar-refractivity contribution >= 4 is 23.7 Å². The Bertz CT molecular complexity index is 613. The molecule has 0 aromatic rings. The summed E-state index contributed by atoms with van der Waals surface area (Å²) >= 11 is 1.87. The van der Waals surface area contributed by atoms with Crippen LogP contribution in [-0.2, 0) is 14.3 Å². The van der Waals surface area contributed by atoms with Crippen LogP contribution in [0.5, 0.6) is 0 Å². The van der Waals surface area contributed by atoms with Gasteiger partial charge in [-0.05, 0) is 19.3 Å². The number of thioether (sulfide) groups is 1. The maximum absolute atomic E-state index is 12.0. The quantitative estimate of drug-likeness (QED) is 0.136. The lowest BCUT2D eigenvalue weighted by Gasteiger charge is -2.39. The predicted molar refractivity (Wildman–Crippen MR) is 111 cm³/mol. The van der Waals surface area contributed by atoms with Crippen molar-refractivity contribution in [2.75, 3.05) is 25.5 Å². The molecule has 7 N–H and O–H groups in total. The Balaban J connectivity index is 1.21. The summed E-state index contributed by atoms with van der Waals surface area (Å²) in [6.45, 7) is 0.0629. The molecule has 3 heterocycles. The first-order chi connectivity index (χ1) is 14.9. The number of carbonyl (C=O) groups is 2. The van der Waals surface area contributed by atoms with E-state index in [-0.39, 0.29) is 30.6 Å². The summed E-state index contributed by atoms with van der Waals surface area (Å²) < 4.78 is 10.6. The second-order valence-corrected chi connectivity index (χ2v) is 9.41. The Kier molecular flexibility index (Phi) is 9.19. The lowest BCUT2D eigenvalue weighted by Crippen LogP contribution is -2.59. The van der Waals surface area contributed by atoms with Crippen molar-refractivity contribution < 1.29 is 39.5 Å². The van der Waals surface area contributed by atoms with Gasteiger partial charge in [-0.25, -0.2) is 4.79 Å². The van der Waals surface area contributed by atoms with E-state index in [2.05, 4.69) is 16.0 Å². The fourth-order valence-electron chi connectivity index (χ4n) is 4.07. The average Bonchev–Trinajstić information content (AvgIpc) is 3.30. The van der Waals surface area contributed by atoms with Gasteiger partial charge in [0.1, 0.15) is 24.4 Å². The van der Waals surface area contributed by atoms with Gasteiger partial charge in [-0.15, -0.1) is 0 Å². The third kappa shape index (κ3) is 6.44. The SMILES string of the molecule is O=C(CCCCC1SC[C@@H]2NC(=O)N[C@H]12)NCCCOC1OC(CO)C(O)C(O)C1O. The van der Waals surface area contributed by atoms with Crippen LogP contribution in [0.15, 0.2) is 0 Å². The Morgan fingerprint density at radius 2 is 1.97 bits per heavy atom. The van der Waals surface area contributed by atoms with E-state index >= 15 is 0 Å². The average molecular weight is 464 g/mol. The summed E-state index contributed by atoms with van der Waals surface area (Å²) in [6.07, 6.45) is -2.88. The summed E-state index contributed by atoms with van der Waals surface area (Å²) in [5.41, 5.74) is 0. The summed E-state index contributed by atoms with van der Waals surface area (Å²) in [5, 5.41) is 47.6. The first kappa shape index (κ1) is 24.5. The van der Waals surface area contributed by atoms with Crippen LogP contribution in [0.3, 0.4) is 0 Å². The summed E-state index contributed by atoms with van der Waals surface area (Å²) in [4.78, 5) is 23.4. The maximum Gasteiger partial charge on any atom is 0.315 e. The number of aliphatic hydroxyl groups is 4. The molecule has 31 heavy (non-hydrogen) atoms. The zero-order valence-corrected chi connectivity index (χ0v) is 18.1. The number of unbranched alkanes of at least 4 members (excludes halogenated alkanes) is 1. The van der Waals surface area contributed by atoms with Crippen molar-refractivity contribution in [1.82, 2.24) is 16.0 Å². The van der Waals surface area contributed by atoms with Crippen LogP contribution in [0.4, 0.5) is 4.79 Å². The molecule has 3 rings (SSSR count). The molecule has 3 aliphatic rings. The fraction of sp³-hybridized carbons (Fsp3) is 0.895. The summed E-state index contributed by atoms with van der Waals surface area (Å²) in [7, 11) is 0. The third-order valence-corrected chi connectivity index (χ3v) is 7.36. The second-order valence-electron chi connectivity index (χ2n) is 8.14. The number of fused-ring (bicyclic) bond motifs is 1. The molecule has 0 radical (unpaired) electrons. The van der Waals surface area contributed by atoms with Gasteiger partial charge in [0.25, 0.3) is 0 Å². The number of hydrogen-bond donors (Lipinski definition) is 7. The molecule has 3 aliphatic heterocycles. The predicted octanol–water partition coefficient (Wildman–Crippen LogP) is -1.96. The molecule has 0 aliphatic carbocycles. The van der Waals surface area contributed by atoms with Crippen LogP contribution in [0.25, 0.3) is 0 Å². The van der Waals surface area contributed by atoms with Gasteiger partial charge in [-0.1, -0.05) is 6.42 Å². The van der Waals surface area contributed by atoms with Crippen molar-refractivity contribution in [3.8, 4) is 0 Å². The lowest BCUT2D eigenvalue weighted by molar-refractivity contribution is -0.301. The molecular weight excluding hydrogens is 430 g/mol. The number of carbonyl (C=O) groups excluding carboxylic acids is 2. The van der Waals surface area contributed by atoms with Gasteiger partial charge in [0.2, 0.25) is 5.91 Å². The number of ether oxygens (including phenoxy) is 2. The van der Waals surface area contributed by atoms with Crippen LogP contribution in [0, 0.1) is 0 Å². The number of amides is 3. The van der Waals surface area contributed by atoms with Crippen molar-refractivity contribution in [1.29, 1.82) is 0 Å². The third-order valence-electron chi connectivity index (χ3n) is 5.85. The van der Waals surface area contributed by atoms with Gasteiger partial charge in [0, 0.05) is 24.0 Å². The largest absolute Gasteiger partial charge is 0.394 e. The standard InChI is InChI=1S/C19H33N3O8S/c23-8-11-15(25)16(26)17(27)18(30-11)29-7-3-6-20-13(24)5-2-1-4-12-14-10(9-31-12)21-19(28)22-14/h10-12,14-18,23,25-27H,1-9H2,(H,20,24)(H2,21,22,28)/t10-,11?,12?,14-,15?,16?,17?,18?/m0/s1. The minimum atomic E-state index is -1.47. The fourth-order valence-corrected chi connectivity index (χ4v) is 5.61. The first-order valence-corrected chi connectivity index (χ1v) is 11.8. The zero-order valence-electron chi connectivity index (χ0n) is 17.3. The molecule has 12 heteroatoms. The molecular formula is C19H33N3O8S. The normalized spacial score (nSPS) is 37.2. The van der Waals surface area contributed by atoms with Crippen molar-refractivity contribution in [2.45, 2.75) is 80.1 Å². The highest BCUT2D eigenvalue weighted by molar-refractivity contribution is 8.00. The highest BCUT2D eigenvalue weighted by atomic mass is 32.2. The monoisotopic (exact) mass is 463 g/mol. The van der Waals surface area contributed by atoms with Crippen LogP contribution < -0.4 is 16.0 Å². The van der Waals surface area contributed by atoms with Gasteiger partial charge >= 0.3 is 6.03 Å². The topological polar surface area (TPSA) is 170 Å². The molecule has 178 valence electrons. The first-order valence-electron chi connectivity index (χ1n) is 10.8.